The van der Waals surface area contributed by atoms with Crippen molar-refractivity contribution < 1.29 is 19.0 Å². The Labute approximate surface area is 147 Å². The molecule has 0 bridgehead atoms. The highest BCUT2D eigenvalue weighted by Gasteiger charge is 2.17. The number of ether oxygens (including phenoxy) is 3. The van der Waals surface area contributed by atoms with Crippen LogP contribution in [0.3, 0.4) is 0 Å². The Morgan fingerprint density at radius 2 is 1.56 bits per heavy atom. The minimum Gasteiger partial charge on any atom is -0.494 e. The van der Waals surface area contributed by atoms with Gasteiger partial charge in [0.05, 0.1) is 13.2 Å². The number of para-hydroxylation sites is 2. The minimum atomic E-state index is -1.09. The molecule has 134 valence electrons. The summed E-state index contributed by atoms with van der Waals surface area (Å²) in [4.78, 5) is 11.4. The maximum atomic E-state index is 11.4. The molecule has 2 rings (SSSR count). The second kappa shape index (κ2) is 11.1. The van der Waals surface area contributed by atoms with Gasteiger partial charge in [-0.15, -0.1) is 0 Å². The van der Waals surface area contributed by atoms with E-state index in [1.54, 1.807) is 12.1 Å². The zero-order valence-electron chi connectivity index (χ0n) is 14.1. The van der Waals surface area contributed by atoms with Gasteiger partial charge in [0, 0.05) is 6.54 Å². The molecule has 1 amide bonds. The standard InChI is InChI=1S/C19H24N2O4/c20-18(22)19(25-17-10-5-2-6-11-17)24-15-13-21-12-7-14-23-16-8-3-1-4-9-16/h1-6,8-11,19,21H,7,12-15H2,(H2,20,22). The Bertz CT molecular complexity index is 607. The van der Waals surface area contributed by atoms with Gasteiger partial charge in [-0.2, -0.15) is 0 Å². The van der Waals surface area contributed by atoms with Crippen molar-refractivity contribution in [2.24, 2.45) is 5.73 Å². The van der Waals surface area contributed by atoms with E-state index in [9.17, 15) is 4.79 Å². The Balaban J connectivity index is 1.54. The van der Waals surface area contributed by atoms with E-state index in [1.165, 1.54) is 0 Å². The molecular formula is C19H24N2O4. The molecule has 0 radical (unpaired) electrons. The van der Waals surface area contributed by atoms with Gasteiger partial charge in [0.1, 0.15) is 11.5 Å². The highest BCUT2D eigenvalue weighted by Crippen LogP contribution is 2.11. The number of amides is 1. The van der Waals surface area contributed by atoms with Gasteiger partial charge >= 0.3 is 0 Å². The Morgan fingerprint density at radius 1 is 0.920 bits per heavy atom. The number of rotatable bonds is 12. The van der Waals surface area contributed by atoms with Gasteiger partial charge in [0.15, 0.2) is 0 Å². The van der Waals surface area contributed by atoms with Gasteiger partial charge < -0.3 is 25.3 Å². The lowest BCUT2D eigenvalue weighted by molar-refractivity contribution is -0.149. The van der Waals surface area contributed by atoms with E-state index in [1.807, 2.05) is 48.5 Å². The molecule has 0 saturated heterocycles. The Kier molecular flexibility index (Phi) is 8.31. The zero-order valence-corrected chi connectivity index (χ0v) is 14.1. The molecule has 2 aromatic carbocycles. The van der Waals surface area contributed by atoms with Crippen LogP contribution in [0.4, 0.5) is 0 Å². The summed E-state index contributed by atoms with van der Waals surface area (Å²) in [6, 6.07) is 18.7. The molecule has 0 aromatic heterocycles. The van der Waals surface area contributed by atoms with E-state index < -0.39 is 12.2 Å². The molecule has 0 aliphatic carbocycles. The summed E-state index contributed by atoms with van der Waals surface area (Å²) in [5.74, 6) is 0.755. The lowest BCUT2D eigenvalue weighted by Gasteiger charge is -2.16. The van der Waals surface area contributed by atoms with Crippen molar-refractivity contribution >= 4 is 5.91 Å². The normalized spacial score (nSPS) is 11.7. The Hall–Kier alpha value is -2.57. The number of hydrogen-bond acceptors (Lipinski definition) is 5. The monoisotopic (exact) mass is 344 g/mol. The van der Waals surface area contributed by atoms with Gasteiger partial charge in [0.25, 0.3) is 12.2 Å². The third-order valence-corrected chi connectivity index (χ3v) is 3.28. The molecule has 0 fully saturated rings. The van der Waals surface area contributed by atoms with Crippen molar-refractivity contribution in [1.82, 2.24) is 5.32 Å². The smallest absolute Gasteiger partial charge is 0.287 e. The van der Waals surface area contributed by atoms with Gasteiger partial charge in [-0.3, -0.25) is 4.79 Å². The summed E-state index contributed by atoms with van der Waals surface area (Å²) < 4.78 is 16.4. The maximum Gasteiger partial charge on any atom is 0.287 e. The van der Waals surface area contributed by atoms with E-state index in [0.717, 1.165) is 18.7 Å². The molecular weight excluding hydrogens is 320 g/mol. The summed E-state index contributed by atoms with van der Waals surface area (Å²) in [7, 11) is 0. The molecule has 6 nitrogen and oxygen atoms in total. The van der Waals surface area contributed by atoms with Crippen molar-refractivity contribution in [3.05, 3.63) is 60.7 Å². The fourth-order valence-electron chi connectivity index (χ4n) is 2.06. The average Bonchev–Trinajstić information content (AvgIpc) is 2.64. The molecule has 0 saturated carbocycles. The number of carbonyl (C=O) groups excluding carboxylic acids is 1. The maximum absolute atomic E-state index is 11.4. The predicted octanol–water partition coefficient (Wildman–Crippen LogP) is 1.95. The van der Waals surface area contributed by atoms with Crippen LogP contribution in [0.1, 0.15) is 6.42 Å². The first-order chi connectivity index (χ1) is 12.3. The second-order valence-electron chi connectivity index (χ2n) is 5.30. The topological polar surface area (TPSA) is 82.8 Å². The SMILES string of the molecule is NC(=O)C(OCCNCCCOc1ccccc1)Oc1ccccc1. The number of hydrogen-bond donors (Lipinski definition) is 2. The minimum absolute atomic E-state index is 0.319. The predicted molar refractivity (Wildman–Crippen MR) is 95.4 cm³/mol. The number of benzene rings is 2. The molecule has 25 heavy (non-hydrogen) atoms. The molecule has 0 aliphatic rings. The molecule has 1 atom stereocenters. The average molecular weight is 344 g/mol. The van der Waals surface area contributed by atoms with E-state index in [-0.39, 0.29) is 0 Å². The van der Waals surface area contributed by atoms with Crippen molar-refractivity contribution in [2.45, 2.75) is 12.7 Å². The van der Waals surface area contributed by atoms with Gasteiger partial charge in [-0.25, -0.2) is 0 Å². The zero-order chi connectivity index (χ0) is 17.7. The van der Waals surface area contributed by atoms with Crippen LogP contribution in [-0.4, -0.2) is 38.5 Å². The first-order valence-corrected chi connectivity index (χ1v) is 8.27. The number of primary amides is 1. The molecule has 0 spiro atoms. The van der Waals surface area contributed by atoms with Crippen LogP contribution in [0.25, 0.3) is 0 Å². The summed E-state index contributed by atoms with van der Waals surface area (Å²) >= 11 is 0. The fraction of sp³-hybridized carbons (Fsp3) is 0.316. The highest BCUT2D eigenvalue weighted by molar-refractivity contribution is 5.77. The van der Waals surface area contributed by atoms with Gasteiger partial charge in [-0.05, 0) is 37.2 Å². The van der Waals surface area contributed by atoms with E-state index in [0.29, 0.717) is 25.5 Å². The van der Waals surface area contributed by atoms with Crippen molar-refractivity contribution in [3.63, 3.8) is 0 Å². The van der Waals surface area contributed by atoms with Crippen molar-refractivity contribution in [3.8, 4) is 11.5 Å². The van der Waals surface area contributed by atoms with E-state index in [2.05, 4.69) is 5.32 Å². The van der Waals surface area contributed by atoms with E-state index in [4.69, 9.17) is 19.9 Å². The molecule has 3 N–H and O–H groups in total. The van der Waals surface area contributed by atoms with Crippen LogP contribution in [0, 0.1) is 0 Å². The molecule has 0 aliphatic heterocycles. The lowest BCUT2D eigenvalue weighted by atomic mass is 10.3. The van der Waals surface area contributed by atoms with Crippen molar-refractivity contribution in [2.75, 3.05) is 26.3 Å². The van der Waals surface area contributed by atoms with Crippen LogP contribution in [0.5, 0.6) is 11.5 Å². The van der Waals surface area contributed by atoms with Crippen LogP contribution in [0.2, 0.25) is 0 Å². The second-order valence-corrected chi connectivity index (χ2v) is 5.30. The highest BCUT2D eigenvalue weighted by atomic mass is 16.7. The first kappa shape index (κ1) is 18.8. The molecule has 0 heterocycles. The molecule has 2 aromatic rings. The summed E-state index contributed by atoms with van der Waals surface area (Å²) in [6.45, 7) is 2.34. The van der Waals surface area contributed by atoms with Crippen LogP contribution in [-0.2, 0) is 9.53 Å². The summed E-state index contributed by atoms with van der Waals surface area (Å²) in [6.07, 6.45) is -0.222. The lowest BCUT2D eigenvalue weighted by Crippen LogP contribution is -2.38. The summed E-state index contributed by atoms with van der Waals surface area (Å²) in [5.41, 5.74) is 5.29. The number of nitrogens with one attached hydrogen (secondary N) is 1. The Morgan fingerprint density at radius 3 is 2.20 bits per heavy atom. The first-order valence-electron chi connectivity index (χ1n) is 8.27. The number of nitrogens with two attached hydrogens (primary N) is 1. The summed E-state index contributed by atoms with van der Waals surface area (Å²) in [5, 5.41) is 3.22. The van der Waals surface area contributed by atoms with Crippen LogP contribution >= 0.6 is 0 Å². The van der Waals surface area contributed by atoms with Crippen molar-refractivity contribution in [1.29, 1.82) is 0 Å². The third kappa shape index (κ3) is 7.69. The molecule has 1 unspecified atom stereocenters. The number of carbonyl (C=O) groups is 1. The van der Waals surface area contributed by atoms with Crippen LogP contribution < -0.4 is 20.5 Å². The quantitative estimate of drug-likeness (QED) is 0.454. The third-order valence-electron chi connectivity index (χ3n) is 3.28. The van der Waals surface area contributed by atoms with E-state index >= 15 is 0 Å². The van der Waals surface area contributed by atoms with Gasteiger partial charge in [0.2, 0.25) is 0 Å². The van der Waals surface area contributed by atoms with Crippen LogP contribution in [0.15, 0.2) is 60.7 Å². The van der Waals surface area contributed by atoms with Gasteiger partial charge in [-0.1, -0.05) is 36.4 Å². The fourth-order valence-corrected chi connectivity index (χ4v) is 2.06. The molecule has 6 heteroatoms. The largest absolute Gasteiger partial charge is 0.494 e.